The maximum atomic E-state index is 11.5. The summed E-state index contributed by atoms with van der Waals surface area (Å²) >= 11 is 6.65. The number of hydrogen-bond acceptors (Lipinski definition) is 5. The number of nitrogens with zero attached hydrogens (tertiary/aromatic N) is 1. The Hall–Kier alpha value is -0.790. The first-order valence-electron chi connectivity index (χ1n) is 3.48. The lowest BCUT2D eigenvalue weighted by atomic mass is 10.5. The van der Waals surface area contributed by atoms with Gasteiger partial charge in [0.1, 0.15) is 0 Å². The molecule has 0 atom stereocenters. The van der Waals surface area contributed by atoms with Crippen LogP contribution in [0.1, 0.15) is 0 Å². The fourth-order valence-electron chi connectivity index (χ4n) is 1.00. The number of ether oxygens (including phenoxy) is 1. The fourth-order valence-corrected chi connectivity index (χ4v) is 3.66. The molecular weight excluding hydrogens is 248 g/mol. The third-order valence-corrected chi connectivity index (χ3v) is 4.58. The predicted molar refractivity (Wildman–Crippen MR) is 54.6 cm³/mol. The lowest BCUT2D eigenvalue weighted by molar-refractivity contribution is 0.402. The number of rotatable bonds is 0. The van der Waals surface area contributed by atoms with Crippen LogP contribution >= 0.6 is 22.9 Å². The topological polar surface area (TPSA) is 67.8 Å². The van der Waals surface area contributed by atoms with E-state index in [1.165, 1.54) is 13.2 Å². The molecule has 2 heterocycles. The number of fused-ring (bicyclic) bond motifs is 1. The highest BCUT2D eigenvalue weighted by Gasteiger charge is 2.28. The lowest BCUT2D eigenvalue weighted by Gasteiger charge is -2.12. The molecule has 2 rings (SSSR count). The molecule has 0 fully saturated rings. The van der Waals surface area contributed by atoms with Gasteiger partial charge in [0.25, 0.3) is 10.0 Å². The highest BCUT2D eigenvalue weighted by Crippen LogP contribution is 2.37. The van der Waals surface area contributed by atoms with Gasteiger partial charge < -0.3 is 10.1 Å². The van der Waals surface area contributed by atoms with Crippen molar-refractivity contribution in [1.29, 1.82) is 0 Å². The fraction of sp³-hybridized carbons (Fsp3) is 0.167. The van der Waals surface area contributed by atoms with Crippen LogP contribution in [0.3, 0.4) is 0 Å². The van der Waals surface area contributed by atoms with E-state index in [9.17, 15) is 8.42 Å². The van der Waals surface area contributed by atoms with Crippen LogP contribution in [0.25, 0.3) is 0 Å². The van der Waals surface area contributed by atoms with E-state index in [1.54, 1.807) is 0 Å². The first kappa shape index (κ1) is 9.75. The minimum absolute atomic E-state index is 0.0491. The molecule has 1 N–H and O–H groups in total. The normalized spacial score (nSPS) is 18.0. The molecule has 0 spiro atoms. The number of hydrogen-bond donors (Lipinski definition) is 1. The van der Waals surface area contributed by atoms with E-state index in [-0.39, 0.29) is 10.2 Å². The Morgan fingerprint density at radius 3 is 3.00 bits per heavy atom. The van der Waals surface area contributed by atoms with Gasteiger partial charge in [-0.25, -0.2) is 0 Å². The van der Waals surface area contributed by atoms with Crippen molar-refractivity contribution < 1.29 is 13.2 Å². The van der Waals surface area contributed by atoms with E-state index < -0.39 is 10.0 Å². The van der Waals surface area contributed by atoms with E-state index in [4.69, 9.17) is 16.3 Å². The lowest BCUT2D eigenvalue weighted by Crippen LogP contribution is -2.21. The molecule has 0 saturated heterocycles. The standard InChI is InChI=1S/C6H5ClN2O3S2/c1-12-6-8-3-2-4(7)13-5(3)14(10,11)9-6/h2H,1H3,(H,8,9). The van der Waals surface area contributed by atoms with Crippen molar-refractivity contribution in [2.45, 2.75) is 4.21 Å². The van der Waals surface area contributed by atoms with Crippen LogP contribution in [-0.2, 0) is 14.8 Å². The predicted octanol–water partition coefficient (Wildman–Crippen LogP) is 1.52. The number of nitrogens with one attached hydrogen (secondary N) is 1. The average Bonchev–Trinajstić information content (AvgIpc) is 2.45. The van der Waals surface area contributed by atoms with Gasteiger partial charge in [-0.15, -0.1) is 15.7 Å². The molecule has 0 unspecified atom stereocenters. The maximum absolute atomic E-state index is 11.5. The number of amidine groups is 1. The zero-order valence-corrected chi connectivity index (χ0v) is 9.33. The van der Waals surface area contributed by atoms with Gasteiger partial charge in [0, 0.05) is 0 Å². The number of sulfonamides is 1. The van der Waals surface area contributed by atoms with Crippen molar-refractivity contribution in [2.75, 3.05) is 12.4 Å². The largest absolute Gasteiger partial charge is 0.468 e. The molecule has 0 bridgehead atoms. The van der Waals surface area contributed by atoms with Crippen molar-refractivity contribution in [3.05, 3.63) is 10.4 Å². The summed E-state index contributed by atoms with van der Waals surface area (Å²) in [6.45, 7) is 0. The molecule has 14 heavy (non-hydrogen) atoms. The van der Waals surface area contributed by atoms with Crippen molar-refractivity contribution in [2.24, 2.45) is 4.40 Å². The molecule has 0 radical (unpaired) electrons. The first-order chi connectivity index (χ1) is 6.53. The first-order valence-corrected chi connectivity index (χ1v) is 6.12. The highest BCUT2D eigenvalue weighted by molar-refractivity contribution is 7.92. The molecule has 1 aromatic heterocycles. The summed E-state index contributed by atoms with van der Waals surface area (Å²) in [6.07, 6.45) is 0. The molecule has 5 nitrogen and oxygen atoms in total. The smallest absolute Gasteiger partial charge is 0.305 e. The Kier molecular flexibility index (Phi) is 2.17. The second kappa shape index (κ2) is 3.11. The van der Waals surface area contributed by atoms with E-state index in [0.717, 1.165) is 11.3 Å². The van der Waals surface area contributed by atoms with E-state index in [2.05, 4.69) is 9.71 Å². The van der Waals surface area contributed by atoms with Crippen LogP contribution in [-0.4, -0.2) is 21.5 Å². The minimum Gasteiger partial charge on any atom is -0.468 e. The van der Waals surface area contributed by atoms with Crippen molar-refractivity contribution in [1.82, 2.24) is 0 Å². The molecule has 0 aliphatic carbocycles. The van der Waals surface area contributed by atoms with Gasteiger partial charge in [0.2, 0.25) is 0 Å². The van der Waals surface area contributed by atoms with Gasteiger partial charge in [0.05, 0.1) is 17.1 Å². The molecule has 1 aromatic rings. The second-order valence-corrected chi connectivity index (χ2v) is 5.94. The van der Waals surface area contributed by atoms with Crippen LogP contribution in [0.15, 0.2) is 14.7 Å². The van der Waals surface area contributed by atoms with Crippen LogP contribution < -0.4 is 5.32 Å². The summed E-state index contributed by atoms with van der Waals surface area (Å²) < 4.78 is 31.6. The van der Waals surface area contributed by atoms with Gasteiger partial charge >= 0.3 is 6.02 Å². The summed E-state index contributed by atoms with van der Waals surface area (Å²) in [4.78, 5) is 0. The summed E-state index contributed by atoms with van der Waals surface area (Å²) in [5.41, 5.74) is 0.409. The quantitative estimate of drug-likeness (QED) is 0.760. The average molecular weight is 253 g/mol. The summed E-state index contributed by atoms with van der Waals surface area (Å²) in [5, 5.41) is 2.70. The van der Waals surface area contributed by atoms with Gasteiger partial charge in [-0.05, 0) is 6.07 Å². The monoisotopic (exact) mass is 252 g/mol. The molecule has 1 aliphatic heterocycles. The Morgan fingerprint density at radius 2 is 2.36 bits per heavy atom. The summed E-state index contributed by atoms with van der Waals surface area (Å²) in [6, 6.07) is 1.47. The van der Waals surface area contributed by atoms with Gasteiger partial charge in [-0.1, -0.05) is 11.6 Å². The van der Waals surface area contributed by atoms with Crippen LogP contribution in [0, 0.1) is 0 Å². The number of halogens is 1. The Labute approximate surface area is 89.4 Å². The summed E-state index contributed by atoms with van der Waals surface area (Å²) in [7, 11) is -2.31. The van der Waals surface area contributed by atoms with Crippen LogP contribution in [0.2, 0.25) is 4.34 Å². The van der Waals surface area contributed by atoms with Crippen molar-refractivity contribution in [3.8, 4) is 0 Å². The van der Waals surface area contributed by atoms with Crippen LogP contribution in [0.5, 0.6) is 0 Å². The molecule has 0 saturated carbocycles. The van der Waals surface area contributed by atoms with Gasteiger partial charge in [-0.3, -0.25) is 0 Å². The van der Waals surface area contributed by atoms with E-state index >= 15 is 0 Å². The molecule has 0 amide bonds. The number of thiophene rings is 1. The minimum atomic E-state index is -3.65. The molecule has 76 valence electrons. The van der Waals surface area contributed by atoms with E-state index in [1.807, 2.05) is 0 Å². The number of anilines is 1. The Morgan fingerprint density at radius 1 is 1.64 bits per heavy atom. The SMILES string of the molecule is COC1=NS(=O)(=O)c2sc(Cl)cc2N1. The Balaban J connectivity index is 2.61. The Bertz CT molecular complexity index is 505. The van der Waals surface area contributed by atoms with Gasteiger partial charge in [0.15, 0.2) is 4.21 Å². The number of methoxy groups -OCH3 is 1. The summed E-state index contributed by atoms with van der Waals surface area (Å²) in [5.74, 6) is 0. The van der Waals surface area contributed by atoms with Crippen molar-refractivity contribution in [3.63, 3.8) is 0 Å². The third kappa shape index (κ3) is 1.47. The van der Waals surface area contributed by atoms with E-state index in [0.29, 0.717) is 10.0 Å². The molecule has 1 aliphatic rings. The molecule has 8 heteroatoms. The van der Waals surface area contributed by atoms with Crippen molar-refractivity contribution >= 4 is 44.7 Å². The maximum Gasteiger partial charge on any atom is 0.305 e. The van der Waals surface area contributed by atoms with Crippen LogP contribution in [0.4, 0.5) is 5.69 Å². The molecular formula is C6H5ClN2O3S2. The van der Waals surface area contributed by atoms with Gasteiger partial charge in [-0.2, -0.15) is 8.42 Å². The zero-order valence-electron chi connectivity index (χ0n) is 6.94. The second-order valence-electron chi connectivity index (χ2n) is 2.45. The molecule has 0 aromatic carbocycles. The third-order valence-electron chi connectivity index (χ3n) is 1.54. The highest BCUT2D eigenvalue weighted by atomic mass is 35.5. The zero-order chi connectivity index (χ0) is 10.3.